The lowest BCUT2D eigenvalue weighted by atomic mass is 10.1. The third-order valence-corrected chi connectivity index (χ3v) is 5.54. The molecule has 0 aromatic heterocycles. The molecule has 116 valence electrons. The molecule has 1 saturated heterocycles. The first-order valence-corrected chi connectivity index (χ1v) is 8.92. The van der Waals surface area contributed by atoms with Gasteiger partial charge in [0.25, 0.3) is 5.91 Å². The van der Waals surface area contributed by atoms with Crippen molar-refractivity contribution in [3.63, 3.8) is 0 Å². The minimum Gasteiger partial charge on any atom is -0.336 e. The summed E-state index contributed by atoms with van der Waals surface area (Å²) in [6.45, 7) is 2.52. The van der Waals surface area contributed by atoms with Gasteiger partial charge in [0.05, 0.1) is 10.5 Å². The van der Waals surface area contributed by atoms with Gasteiger partial charge < -0.3 is 4.90 Å². The van der Waals surface area contributed by atoms with E-state index in [0.29, 0.717) is 6.54 Å². The maximum Gasteiger partial charge on any atom is 0.257 e. The number of likely N-dealkylation sites (tertiary alicyclic amines) is 1. The Morgan fingerprint density at radius 3 is 2.76 bits per heavy atom. The van der Waals surface area contributed by atoms with Crippen LogP contribution < -0.4 is 5.14 Å². The Labute approximate surface area is 131 Å². The van der Waals surface area contributed by atoms with Gasteiger partial charge in [0.1, 0.15) is 5.82 Å². The number of benzene rings is 1. The van der Waals surface area contributed by atoms with Crippen molar-refractivity contribution in [1.82, 2.24) is 4.90 Å². The van der Waals surface area contributed by atoms with Crippen LogP contribution in [0.1, 0.15) is 36.5 Å². The lowest BCUT2D eigenvalue weighted by Gasteiger charge is -2.24. The SMILES string of the molecule is CCC1CCCN1C(=O)c1cc(S(N)(=O)=O)c(Br)cc1F. The van der Waals surface area contributed by atoms with E-state index in [0.717, 1.165) is 31.4 Å². The van der Waals surface area contributed by atoms with Crippen molar-refractivity contribution in [3.05, 3.63) is 28.0 Å². The summed E-state index contributed by atoms with van der Waals surface area (Å²) in [4.78, 5) is 13.8. The fourth-order valence-electron chi connectivity index (χ4n) is 2.59. The van der Waals surface area contributed by atoms with E-state index in [-0.39, 0.29) is 21.0 Å². The van der Waals surface area contributed by atoms with Crippen LogP contribution in [0.25, 0.3) is 0 Å². The van der Waals surface area contributed by atoms with Crippen LogP contribution in [-0.2, 0) is 10.0 Å². The van der Waals surface area contributed by atoms with Gasteiger partial charge in [-0.2, -0.15) is 0 Å². The van der Waals surface area contributed by atoms with Crippen LogP contribution in [0.3, 0.4) is 0 Å². The van der Waals surface area contributed by atoms with Gasteiger partial charge in [0.15, 0.2) is 0 Å². The molecule has 0 saturated carbocycles. The summed E-state index contributed by atoms with van der Waals surface area (Å²) in [6, 6.07) is 2.03. The molecule has 0 spiro atoms. The fraction of sp³-hybridized carbons (Fsp3) is 0.462. The number of amides is 1. The maximum absolute atomic E-state index is 14.0. The minimum atomic E-state index is -4.03. The molecule has 1 aliphatic heterocycles. The first-order valence-electron chi connectivity index (χ1n) is 6.58. The normalized spacial score (nSPS) is 19.0. The predicted molar refractivity (Wildman–Crippen MR) is 79.8 cm³/mol. The second-order valence-electron chi connectivity index (χ2n) is 5.01. The van der Waals surface area contributed by atoms with Crippen LogP contribution in [0.5, 0.6) is 0 Å². The van der Waals surface area contributed by atoms with E-state index >= 15 is 0 Å². The monoisotopic (exact) mass is 378 g/mol. The molecule has 1 heterocycles. The standard InChI is InChI=1S/C13H16BrFN2O3S/c1-2-8-4-3-5-17(8)13(18)9-6-12(21(16,19)20)10(14)7-11(9)15/h6-8H,2-5H2,1H3,(H2,16,19,20). The molecule has 1 aliphatic rings. The van der Waals surface area contributed by atoms with Crippen molar-refractivity contribution in [1.29, 1.82) is 0 Å². The zero-order chi connectivity index (χ0) is 15.8. The van der Waals surface area contributed by atoms with E-state index in [1.165, 1.54) is 0 Å². The Morgan fingerprint density at radius 1 is 1.52 bits per heavy atom. The molecule has 21 heavy (non-hydrogen) atoms. The molecule has 5 nitrogen and oxygen atoms in total. The maximum atomic E-state index is 14.0. The van der Waals surface area contributed by atoms with E-state index in [1.54, 1.807) is 4.90 Å². The van der Waals surface area contributed by atoms with Gasteiger partial charge in [0.2, 0.25) is 10.0 Å². The average molecular weight is 379 g/mol. The Kier molecular flexibility index (Phi) is 4.69. The largest absolute Gasteiger partial charge is 0.336 e. The van der Waals surface area contributed by atoms with Crippen molar-refractivity contribution in [2.45, 2.75) is 37.1 Å². The fourth-order valence-corrected chi connectivity index (χ4v) is 4.20. The molecule has 0 bridgehead atoms. The van der Waals surface area contributed by atoms with Crippen LogP contribution in [-0.4, -0.2) is 31.8 Å². The smallest absolute Gasteiger partial charge is 0.257 e. The van der Waals surface area contributed by atoms with Crippen LogP contribution >= 0.6 is 15.9 Å². The highest BCUT2D eigenvalue weighted by Gasteiger charge is 2.30. The Balaban J connectivity index is 2.46. The topological polar surface area (TPSA) is 80.5 Å². The number of sulfonamides is 1. The second kappa shape index (κ2) is 6.02. The summed E-state index contributed by atoms with van der Waals surface area (Å²) in [5.41, 5.74) is -0.262. The van der Waals surface area contributed by atoms with Crippen LogP contribution in [0.15, 0.2) is 21.5 Å². The summed E-state index contributed by atoms with van der Waals surface area (Å²) < 4.78 is 37.0. The predicted octanol–water partition coefficient (Wildman–Crippen LogP) is 2.25. The molecule has 1 fully saturated rings. The van der Waals surface area contributed by atoms with E-state index in [2.05, 4.69) is 15.9 Å². The zero-order valence-corrected chi connectivity index (χ0v) is 13.9. The zero-order valence-electron chi connectivity index (χ0n) is 11.5. The molecule has 1 aromatic carbocycles. The molecule has 1 amide bonds. The molecular weight excluding hydrogens is 363 g/mol. The molecule has 0 radical (unpaired) electrons. The van der Waals surface area contributed by atoms with Crippen LogP contribution in [0, 0.1) is 5.82 Å². The van der Waals surface area contributed by atoms with E-state index in [1.807, 2.05) is 6.92 Å². The number of carbonyl (C=O) groups excluding carboxylic acids is 1. The van der Waals surface area contributed by atoms with E-state index < -0.39 is 21.7 Å². The van der Waals surface area contributed by atoms with E-state index in [4.69, 9.17) is 5.14 Å². The number of nitrogens with zero attached hydrogens (tertiary/aromatic N) is 1. The van der Waals surface area contributed by atoms with Crippen LogP contribution in [0.4, 0.5) is 4.39 Å². The minimum absolute atomic E-state index is 0.00696. The van der Waals surface area contributed by atoms with Gasteiger partial charge in [-0.15, -0.1) is 0 Å². The molecule has 0 aliphatic carbocycles. The number of halogens is 2. The summed E-state index contributed by atoms with van der Waals surface area (Å²) in [7, 11) is -4.03. The number of carbonyl (C=O) groups is 1. The molecule has 1 atom stereocenters. The van der Waals surface area contributed by atoms with Gasteiger partial charge in [-0.1, -0.05) is 6.92 Å². The third kappa shape index (κ3) is 3.27. The van der Waals surface area contributed by atoms with Gasteiger partial charge in [-0.05, 0) is 47.3 Å². The van der Waals surface area contributed by atoms with E-state index in [9.17, 15) is 17.6 Å². The Morgan fingerprint density at radius 2 is 2.19 bits per heavy atom. The lowest BCUT2D eigenvalue weighted by molar-refractivity contribution is 0.0728. The number of nitrogens with two attached hydrogens (primary N) is 1. The molecule has 2 rings (SSSR count). The summed E-state index contributed by atoms with van der Waals surface area (Å²) in [5, 5.41) is 5.08. The Hall–Kier alpha value is -0.990. The van der Waals surface area contributed by atoms with Gasteiger partial charge >= 0.3 is 0 Å². The second-order valence-corrected chi connectivity index (χ2v) is 7.39. The first kappa shape index (κ1) is 16.4. The number of primary sulfonamides is 1. The van der Waals surface area contributed by atoms with Crippen molar-refractivity contribution in [2.75, 3.05) is 6.54 Å². The number of rotatable bonds is 3. The van der Waals surface area contributed by atoms with Gasteiger partial charge in [0, 0.05) is 17.1 Å². The molecule has 2 N–H and O–H groups in total. The van der Waals surface area contributed by atoms with Crippen molar-refractivity contribution >= 4 is 31.9 Å². The highest BCUT2D eigenvalue weighted by atomic mass is 79.9. The number of hydrogen-bond donors (Lipinski definition) is 1. The summed E-state index contributed by atoms with van der Waals surface area (Å²) >= 11 is 2.95. The molecular formula is C13H16BrFN2O3S. The first-order chi connectivity index (χ1) is 9.75. The van der Waals surface area contributed by atoms with Gasteiger partial charge in [-0.3, -0.25) is 4.79 Å². The van der Waals surface area contributed by atoms with Crippen LogP contribution in [0.2, 0.25) is 0 Å². The third-order valence-electron chi connectivity index (χ3n) is 3.67. The van der Waals surface area contributed by atoms with Crippen molar-refractivity contribution in [3.8, 4) is 0 Å². The Bertz CT molecular complexity index is 678. The number of hydrogen-bond acceptors (Lipinski definition) is 3. The van der Waals surface area contributed by atoms with Gasteiger partial charge in [-0.25, -0.2) is 17.9 Å². The quantitative estimate of drug-likeness (QED) is 0.875. The molecule has 1 unspecified atom stereocenters. The highest BCUT2D eigenvalue weighted by Crippen LogP contribution is 2.28. The highest BCUT2D eigenvalue weighted by molar-refractivity contribution is 9.10. The van der Waals surface area contributed by atoms with Crippen molar-refractivity contribution < 1.29 is 17.6 Å². The van der Waals surface area contributed by atoms with Crippen molar-refractivity contribution in [2.24, 2.45) is 5.14 Å². The lowest BCUT2D eigenvalue weighted by Crippen LogP contribution is -2.35. The average Bonchev–Trinajstić information content (AvgIpc) is 2.84. The summed E-state index contributed by atoms with van der Waals surface area (Å²) in [5.74, 6) is -1.25. The molecule has 8 heteroatoms. The summed E-state index contributed by atoms with van der Waals surface area (Å²) in [6.07, 6.45) is 2.53. The molecule has 1 aromatic rings.